The lowest BCUT2D eigenvalue weighted by Crippen LogP contribution is -2.38. The van der Waals surface area contributed by atoms with E-state index in [2.05, 4.69) is 9.88 Å². The lowest BCUT2D eigenvalue weighted by Gasteiger charge is -2.26. The molecular formula is C12H20N2O2. The van der Waals surface area contributed by atoms with Crippen LogP contribution in [-0.4, -0.2) is 41.1 Å². The maximum atomic E-state index is 11.0. The van der Waals surface area contributed by atoms with Crippen molar-refractivity contribution < 1.29 is 9.90 Å². The van der Waals surface area contributed by atoms with E-state index in [1.807, 2.05) is 25.4 Å². The second kappa shape index (κ2) is 5.16. The van der Waals surface area contributed by atoms with Crippen molar-refractivity contribution in [2.45, 2.75) is 20.3 Å². The van der Waals surface area contributed by atoms with Crippen LogP contribution in [0.4, 0.5) is 0 Å². The number of nitrogens with one attached hydrogen (secondary N) is 1. The number of rotatable bonds is 6. The first-order valence-corrected chi connectivity index (χ1v) is 5.46. The maximum absolute atomic E-state index is 11.0. The van der Waals surface area contributed by atoms with Crippen LogP contribution in [0.25, 0.3) is 0 Å². The number of carbonyl (C=O) groups is 1. The van der Waals surface area contributed by atoms with Gasteiger partial charge in [0.05, 0.1) is 5.41 Å². The van der Waals surface area contributed by atoms with E-state index in [9.17, 15) is 4.79 Å². The topological polar surface area (TPSA) is 56.3 Å². The molecule has 0 atom stereocenters. The Hall–Kier alpha value is -1.29. The molecule has 90 valence electrons. The van der Waals surface area contributed by atoms with Gasteiger partial charge in [0.1, 0.15) is 0 Å². The van der Waals surface area contributed by atoms with Crippen molar-refractivity contribution in [3.63, 3.8) is 0 Å². The molecule has 0 aliphatic heterocycles. The van der Waals surface area contributed by atoms with Gasteiger partial charge in [0.2, 0.25) is 0 Å². The van der Waals surface area contributed by atoms with Gasteiger partial charge in [0.25, 0.3) is 0 Å². The molecule has 0 aromatic carbocycles. The van der Waals surface area contributed by atoms with Crippen molar-refractivity contribution in [1.29, 1.82) is 0 Å². The monoisotopic (exact) mass is 224 g/mol. The minimum Gasteiger partial charge on any atom is -0.481 e. The predicted octanol–water partition coefficient (Wildman–Crippen LogP) is 1.60. The van der Waals surface area contributed by atoms with Crippen molar-refractivity contribution in [2.75, 3.05) is 20.1 Å². The molecule has 2 N–H and O–H groups in total. The molecule has 0 bridgehead atoms. The number of aromatic amines is 1. The Bertz CT molecular complexity index is 331. The fourth-order valence-electron chi connectivity index (χ4n) is 1.66. The van der Waals surface area contributed by atoms with E-state index in [0.717, 1.165) is 13.0 Å². The molecule has 0 unspecified atom stereocenters. The zero-order valence-corrected chi connectivity index (χ0v) is 10.2. The number of likely N-dealkylation sites (N-methyl/N-ethyl adjacent to an activating group) is 1. The summed E-state index contributed by atoms with van der Waals surface area (Å²) in [5.41, 5.74) is 0.491. The summed E-state index contributed by atoms with van der Waals surface area (Å²) in [6.07, 6.45) is 2.82. The van der Waals surface area contributed by atoms with Crippen molar-refractivity contribution in [3.05, 3.63) is 24.0 Å². The first-order valence-electron chi connectivity index (χ1n) is 5.46. The molecule has 16 heavy (non-hydrogen) atoms. The molecule has 0 aliphatic rings. The van der Waals surface area contributed by atoms with E-state index >= 15 is 0 Å². The molecule has 4 heteroatoms. The highest BCUT2D eigenvalue weighted by atomic mass is 16.4. The lowest BCUT2D eigenvalue weighted by molar-refractivity contribution is -0.147. The Balaban J connectivity index is 2.36. The summed E-state index contributed by atoms with van der Waals surface area (Å²) in [5.74, 6) is -0.751. The van der Waals surface area contributed by atoms with E-state index in [1.165, 1.54) is 5.69 Å². The summed E-state index contributed by atoms with van der Waals surface area (Å²) in [7, 11) is 1.95. The number of hydrogen-bond donors (Lipinski definition) is 2. The Morgan fingerprint density at radius 3 is 2.75 bits per heavy atom. The second-order valence-corrected chi connectivity index (χ2v) is 4.87. The van der Waals surface area contributed by atoms with Gasteiger partial charge in [-0.2, -0.15) is 0 Å². The largest absolute Gasteiger partial charge is 0.481 e. The fraction of sp³-hybridized carbons (Fsp3) is 0.583. The van der Waals surface area contributed by atoms with Gasteiger partial charge in [0.15, 0.2) is 0 Å². The molecule has 0 saturated heterocycles. The van der Waals surface area contributed by atoms with Gasteiger partial charge in [-0.3, -0.25) is 4.79 Å². The van der Waals surface area contributed by atoms with Gasteiger partial charge in [-0.15, -0.1) is 0 Å². The Morgan fingerprint density at radius 1 is 1.56 bits per heavy atom. The van der Waals surface area contributed by atoms with Crippen LogP contribution in [0.1, 0.15) is 19.5 Å². The van der Waals surface area contributed by atoms with Crippen molar-refractivity contribution in [2.24, 2.45) is 5.41 Å². The van der Waals surface area contributed by atoms with E-state index in [1.54, 1.807) is 13.8 Å². The highest BCUT2D eigenvalue weighted by Gasteiger charge is 2.28. The number of carboxylic acid groups (broad SMARTS) is 1. The Kier molecular flexibility index (Phi) is 4.12. The normalized spacial score (nSPS) is 12.0. The molecule has 0 fully saturated rings. The summed E-state index contributed by atoms with van der Waals surface area (Å²) >= 11 is 0. The van der Waals surface area contributed by atoms with Crippen LogP contribution in [0.2, 0.25) is 0 Å². The molecule has 1 aromatic heterocycles. The minimum atomic E-state index is -0.751. The third-order valence-corrected chi connectivity index (χ3v) is 2.67. The Labute approximate surface area is 96.3 Å². The average Bonchev–Trinajstić information content (AvgIpc) is 2.66. The molecular weight excluding hydrogens is 204 g/mol. The third-order valence-electron chi connectivity index (χ3n) is 2.67. The lowest BCUT2D eigenvalue weighted by atomic mass is 9.93. The molecule has 1 heterocycles. The van der Waals surface area contributed by atoms with Crippen LogP contribution >= 0.6 is 0 Å². The van der Waals surface area contributed by atoms with Crippen LogP contribution in [-0.2, 0) is 11.2 Å². The van der Waals surface area contributed by atoms with Crippen LogP contribution in [0, 0.1) is 5.41 Å². The summed E-state index contributed by atoms with van der Waals surface area (Å²) in [4.78, 5) is 16.1. The number of carboxylic acids is 1. The van der Waals surface area contributed by atoms with E-state index in [-0.39, 0.29) is 0 Å². The summed E-state index contributed by atoms with van der Waals surface area (Å²) in [5, 5.41) is 9.01. The highest BCUT2D eigenvalue weighted by Crippen LogP contribution is 2.16. The van der Waals surface area contributed by atoms with E-state index < -0.39 is 11.4 Å². The number of hydrogen-bond acceptors (Lipinski definition) is 2. The molecule has 1 rings (SSSR count). The van der Waals surface area contributed by atoms with E-state index in [0.29, 0.717) is 6.54 Å². The van der Waals surface area contributed by atoms with Gasteiger partial charge in [-0.05, 0) is 33.0 Å². The van der Waals surface area contributed by atoms with Crippen molar-refractivity contribution in [3.8, 4) is 0 Å². The predicted molar refractivity (Wildman–Crippen MR) is 63.4 cm³/mol. The van der Waals surface area contributed by atoms with Crippen LogP contribution in [0.15, 0.2) is 18.3 Å². The zero-order chi connectivity index (χ0) is 12.2. The zero-order valence-electron chi connectivity index (χ0n) is 10.2. The first kappa shape index (κ1) is 12.8. The first-order chi connectivity index (χ1) is 7.42. The molecule has 1 aromatic rings. The summed E-state index contributed by atoms with van der Waals surface area (Å²) < 4.78 is 0. The molecule has 0 amide bonds. The summed E-state index contributed by atoms with van der Waals surface area (Å²) in [6, 6.07) is 4.01. The van der Waals surface area contributed by atoms with Crippen LogP contribution < -0.4 is 0 Å². The number of aromatic nitrogens is 1. The molecule has 0 radical (unpaired) electrons. The van der Waals surface area contributed by atoms with E-state index in [4.69, 9.17) is 5.11 Å². The van der Waals surface area contributed by atoms with Crippen LogP contribution in [0.5, 0.6) is 0 Å². The quantitative estimate of drug-likeness (QED) is 0.771. The molecule has 0 saturated carbocycles. The van der Waals surface area contributed by atoms with Gasteiger partial charge in [0, 0.05) is 31.4 Å². The molecule has 0 aliphatic carbocycles. The fourth-order valence-corrected chi connectivity index (χ4v) is 1.66. The third kappa shape index (κ3) is 3.70. The highest BCUT2D eigenvalue weighted by molar-refractivity contribution is 5.73. The molecule has 0 spiro atoms. The SMILES string of the molecule is CN(CCc1ccc[nH]1)CC(C)(C)C(=O)O. The number of nitrogens with zero attached hydrogens (tertiary/aromatic N) is 1. The van der Waals surface area contributed by atoms with Crippen molar-refractivity contribution >= 4 is 5.97 Å². The average molecular weight is 224 g/mol. The number of H-pyrrole nitrogens is 1. The molecule has 4 nitrogen and oxygen atoms in total. The van der Waals surface area contributed by atoms with Gasteiger partial charge in [-0.25, -0.2) is 0 Å². The minimum absolute atomic E-state index is 0.559. The maximum Gasteiger partial charge on any atom is 0.310 e. The van der Waals surface area contributed by atoms with Crippen LogP contribution in [0.3, 0.4) is 0 Å². The second-order valence-electron chi connectivity index (χ2n) is 4.87. The summed E-state index contributed by atoms with van der Waals surface area (Å²) in [6.45, 7) is 4.92. The smallest absolute Gasteiger partial charge is 0.310 e. The van der Waals surface area contributed by atoms with Gasteiger partial charge < -0.3 is 15.0 Å². The van der Waals surface area contributed by atoms with Gasteiger partial charge in [-0.1, -0.05) is 0 Å². The Morgan fingerprint density at radius 2 is 2.25 bits per heavy atom. The number of aliphatic carboxylic acids is 1. The van der Waals surface area contributed by atoms with Crippen molar-refractivity contribution in [1.82, 2.24) is 9.88 Å². The van der Waals surface area contributed by atoms with Gasteiger partial charge >= 0.3 is 5.97 Å². The standard InChI is InChI=1S/C12H20N2O2/c1-12(2,11(15)16)9-14(3)8-6-10-5-4-7-13-10/h4-5,7,13H,6,8-9H2,1-3H3,(H,15,16).